The van der Waals surface area contributed by atoms with E-state index in [0.29, 0.717) is 27.1 Å². The number of aromatic nitrogens is 2. The van der Waals surface area contributed by atoms with Crippen molar-refractivity contribution in [2.45, 2.75) is 6.61 Å². The van der Waals surface area contributed by atoms with Crippen molar-refractivity contribution >= 4 is 28.9 Å². The molecule has 0 aliphatic carbocycles. The molecule has 2 N–H and O–H groups in total. The molecule has 2 rings (SSSR count). The predicted molar refractivity (Wildman–Crippen MR) is 64.9 cm³/mol. The van der Waals surface area contributed by atoms with Crippen molar-refractivity contribution in [1.82, 2.24) is 10.1 Å². The number of rotatable bonds is 3. The minimum Gasteiger partial charge on any atom is -0.397 e. The zero-order chi connectivity index (χ0) is 12.4. The summed E-state index contributed by atoms with van der Waals surface area (Å²) in [5.74, 6) is 0.692. The molecular formula is C10H9Cl2N3O2. The Morgan fingerprint density at radius 2 is 2.18 bits per heavy atom. The van der Waals surface area contributed by atoms with Gasteiger partial charge in [0.1, 0.15) is 6.61 Å². The largest absolute Gasteiger partial charge is 0.397 e. The van der Waals surface area contributed by atoms with Crippen LogP contribution < -0.4 is 5.73 Å². The molecule has 1 heterocycles. The van der Waals surface area contributed by atoms with Gasteiger partial charge in [0, 0.05) is 12.1 Å². The lowest BCUT2D eigenvalue weighted by atomic mass is 10.2. The lowest BCUT2D eigenvalue weighted by Crippen LogP contribution is -1.93. The van der Waals surface area contributed by atoms with Gasteiger partial charge in [-0.15, -0.1) is 0 Å². The van der Waals surface area contributed by atoms with Gasteiger partial charge in [-0.05, 0) is 12.1 Å². The van der Waals surface area contributed by atoms with Gasteiger partial charge in [-0.1, -0.05) is 28.4 Å². The van der Waals surface area contributed by atoms with E-state index >= 15 is 0 Å². The summed E-state index contributed by atoms with van der Waals surface area (Å²) in [5, 5.41) is 4.53. The van der Waals surface area contributed by atoms with Crippen LogP contribution >= 0.6 is 23.2 Å². The topological polar surface area (TPSA) is 74.2 Å². The second-order valence-corrected chi connectivity index (χ2v) is 4.14. The SMILES string of the molecule is COCc1noc(-c2cc(Cl)cc(Cl)c2N)n1. The van der Waals surface area contributed by atoms with Gasteiger partial charge in [-0.3, -0.25) is 0 Å². The van der Waals surface area contributed by atoms with E-state index in [9.17, 15) is 0 Å². The molecule has 0 bridgehead atoms. The van der Waals surface area contributed by atoms with Gasteiger partial charge < -0.3 is 15.0 Å². The number of benzene rings is 1. The molecular weight excluding hydrogens is 265 g/mol. The molecule has 0 aliphatic heterocycles. The van der Waals surface area contributed by atoms with Crippen LogP contribution in [-0.4, -0.2) is 17.3 Å². The van der Waals surface area contributed by atoms with Crippen molar-refractivity contribution in [3.8, 4) is 11.5 Å². The minimum atomic E-state index is 0.262. The molecule has 0 radical (unpaired) electrons. The van der Waals surface area contributed by atoms with Crippen molar-refractivity contribution in [2.24, 2.45) is 0 Å². The summed E-state index contributed by atoms with van der Waals surface area (Å²) in [6, 6.07) is 3.17. The Bertz CT molecular complexity index is 542. The highest BCUT2D eigenvalue weighted by Crippen LogP contribution is 2.33. The van der Waals surface area contributed by atoms with Crippen LogP contribution in [0, 0.1) is 0 Å². The van der Waals surface area contributed by atoms with E-state index in [4.69, 9.17) is 38.2 Å². The number of nitrogens with zero attached hydrogens (tertiary/aromatic N) is 2. The Balaban J connectivity index is 2.44. The maximum Gasteiger partial charge on any atom is 0.260 e. The molecule has 0 saturated carbocycles. The van der Waals surface area contributed by atoms with Crippen molar-refractivity contribution in [3.63, 3.8) is 0 Å². The Morgan fingerprint density at radius 3 is 2.88 bits per heavy atom. The molecule has 1 aromatic heterocycles. The second kappa shape index (κ2) is 4.91. The average Bonchev–Trinajstić information content (AvgIpc) is 2.72. The van der Waals surface area contributed by atoms with Crippen molar-refractivity contribution < 1.29 is 9.26 Å². The zero-order valence-corrected chi connectivity index (χ0v) is 10.4. The summed E-state index contributed by atoms with van der Waals surface area (Å²) in [7, 11) is 1.54. The minimum absolute atomic E-state index is 0.262. The van der Waals surface area contributed by atoms with Gasteiger partial charge in [0.25, 0.3) is 5.89 Å². The molecule has 17 heavy (non-hydrogen) atoms. The summed E-state index contributed by atoms with van der Waals surface area (Å²) in [5.41, 5.74) is 6.68. The van der Waals surface area contributed by atoms with E-state index in [0.717, 1.165) is 0 Å². The number of halogens is 2. The standard InChI is InChI=1S/C10H9Cl2N3O2/c1-16-4-8-14-10(17-15-8)6-2-5(11)3-7(12)9(6)13/h2-3H,4,13H2,1H3. The molecule has 0 atom stereocenters. The van der Waals surface area contributed by atoms with Gasteiger partial charge in [-0.2, -0.15) is 4.98 Å². The molecule has 2 aromatic rings. The number of methoxy groups -OCH3 is 1. The van der Waals surface area contributed by atoms with Crippen LogP contribution in [0.25, 0.3) is 11.5 Å². The molecule has 7 heteroatoms. The Kier molecular flexibility index (Phi) is 3.51. The van der Waals surface area contributed by atoms with Crippen LogP contribution in [0.4, 0.5) is 5.69 Å². The normalized spacial score (nSPS) is 10.8. The van der Waals surface area contributed by atoms with Gasteiger partial charge in [0.2, 0.25) is 0 Å². The quantitative estimate of drug-likeness (QED) is 0.871. The third-order valence-corrected chi connectivity index (χ3v) is 2.60. The molecule has 5 nitrogen and oxygen atoms in total. The average molecular weight is 274 g/mol. The molecule has 0 saturated heterocycles. The van der Waals surface area contributed by atoms with Crippen LogP contribution in [0.3, 0.4) is 0 Å². The van der Waals surface area contributed by atoms with E-state index in [1.165, 1.54) is 0 Å². The van der Waals surface area contributed by atoms with Gasteiger partial charge in [0.15, 0.2) is 5.82 Å². The fourth-order valence-electron chi connectivity index (χ4n) is 1.31. The predicted octanol–water partition coefficient (Wildman–Crippen LogP) is 2.77. The first-order valence-electron chi connectivity index (χ1n) is 4.68. The van der Waals surface area contributed by atoms with Gasteiger partial charge in [0.05, 0.1) is 16.3 Å². The van der Waals surface area contributed by atoms with Crippen LogP contribution in [0.2, 0.25) is 10.0 Å². The summed E-state index contributed by atoms with van der Waals surface area (Å²) in [4.78, 5) is 4.11. The highest BCUT2D eigenvalue weighted by Gasteiger charge is 2.14. The van der Waals surface area contributed by atoms with Gasteiger partial charge >= 0.3 is 0 Å². The third-order valence-electron chi connectivity index (χ3n) is 2.07. The molecule has 0 fully saturated rings. The number of ether oxygens (including phenoxy) is 1. The summed E-state index contributed by atoms with van der Waals surface area (Å²) >= 11 is 11.8. The lowest BCUT2D eigenvalue weighted by molar-refractivity contribution is 0.174. The molecule has 0 unspecified atom stereocenters. The fraction of sp³-hybridized carbons (Fsp3) is 0.200. The van der Waals surface area contributed by atoms with Gasteiger partial charge in [-0.25, -0.2) is 0 Å². The number of nitrogens with two attached hydrogens (primary N) is 1. The van der Waals surface area contributed by atoms with Crippen LogP contribution in [0.1, 0.15) is 5.82 Å². The molecule has 1 aromatic carbocycles. The lowest BCUT2D eigenvalue weighted by Gasteiger charge is -2.03. The van der Waals surface area contributed by atoms with Crippen molar-refractivity contribution in [3.05, 3.63) is 28.0 Å². The first-order chi connectivity index (χ1) is 8.11. The number of hydrogen-bond donors (Lipinski definition) is 1. The van der Waals surface area contributed by atoms with Crippen LogP contribution in [-0.2, 0) is 11.3 Å². The molecule has 0 aliphatic rings. The van der Waals surface area contributed by atoms with Crippen molar-refractivity contribution in [1.29, 1.82) is 0 Å². The Labute approximate surface area is 107 Å². The first-order valence-corrected chi connectivity index (χ1v) is 5.44. The van der Waals surface area contributed by atoms with E-state index in [1.54, 1.807) is 19.2 Å². The maximum atomic E-state index is 5.91. The number of hydrogen-bond acceptors (Lipinski definition) is 5. The monoisotopic (exact) mass is 273 g/mol. The highest BCUT2D eigenvalue weighted by atomic mass is 35.5. The zero-order valence-electron chi connectivity index (χ0n) is 8.91. The van der Waals surface area contributed by atoms with Crippen LogP contribution in [0.15, 0.2) is 16.7 Å². The smallest absolute Gasteiger partial charge is 0.260 e. The summed E-state index contributed by atoms with van der Waals surface area (Å²) in [6.07, 6.45) is 0. The second-order valence-electron chi connectivity index (χ2n) is 3.30. The molecule has 90 valence electrons. The van der Waals surface area contributed by atoms with E-state index in [2.05, 4.69) is 10.1 Å². The molecule has 0 spiro atoms. The van der Waals surface area contributed by atoms with E-state index in [-0.39, 0.29) is 12.5 Å². The van der Waals surface area contributed by atoms with Crippen LogP contribution in [0.5, 0.6) is 0 Å². The summed E-state index contributed by atoms with van der Waals surface area (Å²) < 4.78 is 9.94. The molecule has 0 amide bonds. The van der Waals surface area contributed by atoms with E-state index < -0.39 is 0 Å². The first kappa shape index (κ1) is 12.2. The number of nitrogen functional groups attached to an aromatic ring is 1. The third kappa shape index (κ3) is 2.52. The van der Waals surface area contributed by atoms with E-state index in [1.807, 2.05) is 0 Å². The number of anilines is 1. The summed E-state index contributed by atoms with van der Waals surface area (Å²) in [6.45, 7) is 0.262. The fourth-order valence-corrected chi connectivity index (χ4v) is 1.81. The highest BCUT2D eigenvalue weighted by molar-refractivity contribution is 6.37. The van der Waals surface area contributed by atoms with Crippen molar-refractivity contribution in [2.75, 3.05) is 12.8 Å². The Morgan fingerprint density at radius 1 is 1.41 bits per heavy atom. The maximum absolute atomic E-state index is 5.91. The Hall–Kier alpha value is -1.30.